The molecule has 1 aliphatic carbocycles. The number of rotatable bonds is 5. The van der Waals surface area contributed by atoms with E-state index in [1.807, 2.05) is 11.8 Å². The number of amides is 1. The molecule has 0 unspecified atom stereocenters. The Bertz CT molecular complexity index is 282. The summed E-state index contributed by atoms with van der Waals surface area (Å²) in [6.07, 6.45) is 10.5. The molecule has 0 aromatic carbocycles. The Morgan fingerprint density at radius 2 is 1.85 bits per heavy atom. The largest absolute Gasteiger partial charge is 0.450 e. The van der Waals surface area contributed by atoms with E-state index in [4.69, 9.17) is 4.74 Å². The summed E-state index contributed by atoms with van der Waals surface area (Å²) in [5, 5.41) is 3.68. The van der Waals surface area contributed by atoms with Gasteiger partial charge in [-0.25, -0.2) is 4.79 Å². The summed E-state index contributed by atoms with van der Waals surface area (Å²) in [5.74, 6) is 0.955. The van der Waals surface area contributed by atoms with Crippen molar-refractivity contribution < 1.29 is 9.53 Å². The van der Waals surface area contributed by atoms with Crippen LogP contribution in [0.15, 0.2) is 0 Å². The minimum absolute atomic E-state index is 0.145. The van der Waals surface area contributed by atoms with Gasteiger partial charge in [-0.2, -0.15) is 0 Å². The molecule has 1 saturated heterocycles. The first-order valence-electron chi connectivity index (χ1n) is 8.44. The van der Waals surface area contributed by atoms with E-state index < -0.39 is 0 Å². The molecule has 0 bridgehead atoms. The van der Waals surface area contributed by atoms with Gasteiger partial charge in [0.15, 0.2) is 0 Å². The van der Waals surface area contributed by atoms with Crippen molar-refractivity contribution in [2.24, 2.45) is 5.92 Å². The van der Waals surface area contributed by atoms with Crippen LogP contribution in [0.25, 0.3) is 0 Å². The monoisotopic (exact) mass is 282 g/mol. The zero-order valence-electron chi connectivity index (χ0n) is 12.9. The molecule has 0 atom stereocenters. The van der Waals surface area contributed by atoms with E-state index in [1.54, 1.807) is 0 Å². The molecule has 1 N–H and O–H groups in total. The summed E-state index contributed by atoms with van der Waals surface area (Å²) in [6.45, 7) is 5.14. The molecule has 1 aliphatic heterocycles. The maximum Gasteiger partial charge on any atom is 0.409 e. The number of ether oxygens (including phenoxy) is 1. The normalized spacial score (nSPS) is 21.9. The summed E-state index contributed by atoms with van der Waals surface area (Å²) < 4.78 is 5.04. The summed E-state index contributed by atoms with van der Waals surface area (Å²) in [5.41, 5.74) is 0. The Hall–Kier alpha value is -0.770. The number of hydrogen-bond acceptors (Lipinski definition) is 3. The number of nitrogens with one attached hydrogen (secondary N) is 1. The predicted molar refractivity (Wildman–Crippen MR) is 80.8 cm³/mol. The smallest absolute Gasteiger partial charge is 0.409 e. The fraction of sp³-hybridized carbons (Fsp3) is 0.938. The van der Waals surface area contributed by atoms with Gasteiger partial charge >= 0.3 is 6.09 Å². The van der Waals surface area contributed by atoms with Crippen LogP contribution in [-0.4, -0.2) is 43.3 Å². The van der Waals surface area contributed by atoms with Crippen molar-refractivity contribution in [2.45, 2.75) is 64.3 Å². The second kappa shape index (κ2) is 8.50. The van der Waals surface area contributed by atoms with E-state index >= 15 is 0 Å². The molecule has 4 heteroatoms. The van der Waals surface area contributed by atoms with Crippen LogP contribution in [0, 0.1) is 5.92 Å². The highest BCUT2D eigenvalue weighted by Crippen LogP contribution is 2.25. The van der Waals surface area contributed by atoms with E-state index in [9.17, 15) is 4.79 Å². The Kier molecular flexibility index (Phi) is 6.64. The summed E-state index contributed by atoms with van der Waals surface area (Å²) in [4.78, 5) is 13.4. The zero-order chi connectivity index (χ0) is 14.2. The van der Waals surface area contributed by atoms with Gasteiger partial charge in [-0.05, 0) is 38.6 Å². The number of hydrogen-bond donors (Lipinski definition) is 1. The molecule has 0 aromatic heterocycles. The van der Waals surface area contributed by atoms with Crippen LogP contribution in [0.4, 0.5) is 4.79 Å². The number of likely N-dealkylation sites (tertiary alicyclic amines) is 1. The van der Waals surface area contributed by atoms with Crippen LogP contribution in [0.1, 0.15) is 58.3 Å². The molecule has 20 heavy (non-hydrogen) atoms. The van der Waals surface area contributed by atoms with Gasteiger partial charge < -0.3 is 15.0 Å². The van der Waals surface area contributed by atoms with E-state index in [2.05, 4.69) is 5.32 Å². The third-order valence-electron chi connectivity index (χ3n) is 4.73. The molecule has 1 saturated carbocycles. The second-order valence-corrected chi connectivity index (χ2v) is 6.21. The lowest BCUT2D eigenvalue weighted by Gasteiger charge is -2.32. The van der Waals surface area contributed by atoms with Crippen molar-refractivity contribution in [1.29, 1.82) is 0 Å². The first-order valence-corrected chi connectivity index (χ1v) is 8.44. The molecule has 4 nitrogen and oxygen atoms in total. The molecular formula is C16H30N2O2. The van der Waals surface area contributed by atoms with Crippen LogP contribution in [0.5, 0.6) is 0 Å². The summed E-state index contributed by atoms with van der Waals surface area (Å²) >= 11 is 0. The van der Waals surface area contributed by atoms with Crippen molar-refractivity contribution in [3.8, 4) is 0 Å². The average molecular weight is 282 g/mol. The van der Waals surface area contributed by atoms with Crippen LogP contribution in [0.2, 0.25) is 0 Å². The highest BCUT2D eigenvalue weighted by atomic mass is 16.6. The maximum atomic E-state index is 11.6. The number of piperidine rings is 1. The lowest BCUT2D eigenvalue weighted by molar-refractivity contribution is 0.0950. The van der Waals surface area contributed by atoms with Crippen LogP contribution in [0.3, 0.4) is 0 Å². The molecule has 0 radical (unpaired) electrons. The Balaban J connectivity index is 1.56. The molecular weight excluding hydrogens is 252 g/mol. The Morgan fingerprint density at radius 3 is 2.50 bits per heavy atom. The van der Waals surface area contributed by atoms with Crippen molar-refractivity contribution in [1.82, 2.24) is 10.2 Å². The summed E-state index contributed by atoms with van der Waals surface area (Å²) in [6, 6.07) is 0.587. The second-order valence-electron chi connectivity index (χ2n) is 6.21. The van der Waals surface area contributed by atoms with Gasteiger partial charge in [-0.3, -0.25) is 0 Å². The number of nitrogens with zero attached hydrogens (tertiary/aromatic N) is 1. The SMILES string of the molecule is CCOC(=O)N1CCC(NCCC2CCCCC2)CC1. The van der Waals surface area contributed by atoms with Crippen molar-refractivity contribution in [3.63, 3.8) is 0 Å². The predicted octanol–water partition coefficient (Wildman–Crippen LogP) is 3.17. The van der Waals surface area contributed by atoms with Crippen LogP contribution < -0.4 is 5.32 Å². The molecule has 2 fully saturated rings. The van der Waals surface area contributed by atoms with Gasteiger partial charge in [-0.1, -0.05) is 32.1 Å². The first-order chi connectivity index (χ1) is 9.79. The lowest BCUT2D eigenvalue weighted by atomic mass is 9.87. The van der Waals surface area contributed by atoms with E-state index in [0.717, 1.165) is 38.4 Å². The fourth-order valence-electron chi connectivity index (χ4n) is 3.45. The average Bonchev–Trinajstić information content (AvgIpc) is 2.49. The summed E-state index contributed by atoms with van der Waals surface area (Å²) in [7, 11) is 0. The minimum Gasteiger partial charge on any atom is -0.450 e. The third-order valence-corrected chi connectivity index (χ3v) is 4.73. The highest BCUT2D eigenvalue weighted by molar-refractivity contribution is 5.67. The molecule has 0 aromatic rings. The Morgan fingerprint density at radius 1 is 1.15 bits per heavy atom. The number of carbonyl (C=O) groups is 1. The van der Waals surface area contributed by atoms with Crippen LogP contribution in [-0.2, 0) is 4.74 Å². The van der Waals surface area contributed by atoms with Crippen molar-refractivity contribution in [2.75, 3.05) is 26.2 Å². The maximum absolute atomic E-state index is 11.6. The highest BCUT2D eigenvalue weighted by Gasteiger charge is 2.23. The van der Waals surface area contributed by atoms with E-state index in [-0.39, 0.29) is 6.09 Å². The van der Waals surface area contributed by atoms with E-state index in [1.165, 1.54) is 38.5 Å². The van der Waals surface area contributed by atoms with Crippen molar-refractivity contribution in [3.05, 3.63) is 0 Å². The van der Waals surface area contributed by atoms with Crippen LogP contribution >= 0.6 is 0 Å². The van der Waals surface area contributed by atoms with Gasteiger partial charge in [-0.15, -0.1) is 0 Å². The molecule has 116 valence electrons. The molecule has 0 spiro atoms. The standard InChI is InChI=1S/C16H30N2O2/c1-2-20-16(19)18-12-9-15(10-13-18)17-11-8-14-6-4-3-5-7-14/h14-15,17H,2-13H2,1H3. The van der Waals surface area contributed by atoms with Gasteiger partial charge in [0, 0.05) is 19.1 Å². The quantitative estimate of drug-likeness (QED) is 0.842. The van der Waals surface area contributed by atoms with Gasteiger partial charge in [0.2, 0.25) is 0 Å². The third kappa shape index (κ3) is 4.97. The van der Waals surface area contributed by atoms with E-state index in [0.29, 0.717) is 12.6 Å². The topological polar surface area (TPSA) is 41.6 Å². The molecule has 1 amide bonds. The lowest BCUT2D eigenvalue weighted by Crippen LogP contribution is -2.45. The minimum atomic E-state index is -0.145. The fourth-order valence-corrected chi connectivity index (χ4v) is 3.45. The zero-order valence-corrected chi connectivity index (χ0v) is 12.9. The molecule has 2 rings (SSSR count). The molecule has 2 aliphatic rings. The van der Waals surface area contributed by atoms with Gasteiger partial charge in [0.25, 0.3) is 0 Å². The molecule has 1 heterocycles. The van der Waals surface area contributed by atoms with Gasteiger partial charge in [0.1, 0.15) is 0 Å². The first kappa shape index (κ1) is 15.6. The Labute approximate surface area is 123 Å². The van der Waals surface area contributed by atoms with Gasteiger partial charge in [0.05, 0.1) is 6.61 Å². The van der Waals surface area contributed by atoms with Crippen molar-refractivity contribution >= 4 is 6.09 Å². The number of carbonyl (C=O) groups excluding carboxylic acids is 1.